The minimum absolute atomic E-state index is 0.217. The van der Waals surface area contributed by atoms with E-state index in [0.29, 0.717) is 16.8 Å². The molecule has 0 atom stereocenters. The first-order valence-corrected chi connectivity index (χ1v) is 7.52. The first kappa shape index (κ1) is 11.4. The molecule has 3 aromatic rings. The maximum atomic E-state index is 13.9. The van der Waals surface area contributed by atoms with Crippen LogP contribution in [0.25, 0.3) is 15.7 Å². The minimum Gasteiger partial charge on any atom is -0.302 e. The zero-order valence-corrected chi connectivity index (χ0v) is 11.4. The molecule has 0 spiro atoms. The highest BCUT2D eigenvalue weighted by Gasteiger charge is 2.25. The van der Waals surface area contributed by atoms with E-state index in [2.05, 4.69) is 0 Å². The Hall–Kier alpha value is -1.40. The van der Waals surface area contributed by atoms with Crippen molar-refractivity contribution in [2.45, 2.75) is 17.6 Å². The highest BCUT2D eigenvalue weighted by Crippen LogP contribution is 2.40. The van der Waals surface area contributed by atoms with Crippen LogP contribution in [0.2, 0.25) is 0 Å². The van der Waals surface area contributed by atoms with Crippen molar-refractivity contribution in [3.8, 4) is 0 Å². The molecule has 1 aliphatic heterocycles. The predicted octanol–water partition coefficient (Wildman–Crippen LogP) is 3.71. The molecule has 96 valence electrons. The molecule has 0 fully saturated rings. The van der Waals surface area contributed by atoms with Crippen molar-refractivity contribution in [1.29, 1.82) is 0 Å². The number of aromatic nitrogens is 1. The number of rotatable bonds is 0. The molecule has 0 saturated carbocycles. The first-order valence-electron chi connectivity index (χ1n) is 5.66. The highest BCUT2D eigenvalue weighted by atomic mass is 32.2. The largest absolute Gasteiger partial charge is 0.302 e. The summed E-state index contributed by atoms with van der Waals surface area (Å²) < 4.78 is 29.4. The zero-order chi connectivity index (χ0) is 13.3. The third-order valence-electron chi connectivity index (χ3n) is 3.44. The van der Waals surface area contributed by atoms with Gasteiger partial charge in [0, 0.05) is 22.4 Å². The van der Waals surface area contributed by atoms with Crippen LogP contribution in [0, 0.1) is 18.6 Å². The minimum atomic E-state index is -0.954. The molecule has 6 heteroatoms. The van der Waals surface area contributed by atoms with Crippen molar-refractivity contribution < 1.29 is 8.78 Å². The Balaban J connectivity index is 2.46. The summed E-state index contributed by atoms with van der Waals surface area (Å²) in [6, 6.07) is 1.02. The molecule has 0 aliphatic carbocycles. The van der Waals surface area contributed by atoms with Gasteiger partial charge in [0.2, 0.25) is 0 Å². The molecule has 3 heterocycles. The van der Waals surface area contributed by atoms with Crippen molar-refractivity contribution in [2.24, 2.45) is 0 Å². The lowest BCUT2D eigenvalue weighted by Crippen LogP contribution is -2.14. The van der Waals surface area contributed by atoms with E-state index in [4.69, 9.17) is 0 Å². The Morgan fingerprint density at radius 1 is 1.37 bits per heavy atom. The molecule has 4 rings (SSSR count). The fraction of sp³-hybridized carbons (Fsp3) is 0.154. The van der Waals surface area contributed by atoms with Crippen LogP contribution in [-0.4, -0.2) is 4.40 Å². The summed E-state index contributed by atoms with van der Waals surface area (Å²) in [6.45, 7) is 1.73. The van der Waals surface area contributed by atoms with Gasteiger partial charge in [-0.3, -0.25) is 4.79 Å². The number of nitrogens with zero attached hydrogens (tertiary/aromatic N) is 1. The van der Waals surface area contributed by atoms with Gasteiger partial charge in [-0.25, -0.2) is 8.78 Å². The maximum absolute atomic E-state index is 13.9. The molecule has 1 aliphatic rings. The molecule has 0 radical (unpaired) electrons. The van der Waals surface area contributed by atoms with Crippen molar-refractivity contribution in [3.05, 3.63) is 44.6 Å². The molecule has 0 amide bonds. The molecule has 2 aromatic heterocycles. The van der Waals surface area contributed by atoms with Gasteiger partial charge in [-0.2, -0.15) is 0 Å². The molecule has 0 saturated heterocycles. The normalized spacial score (nSPS) is 13.8. The monoisotopic (exact) mass is 295 g/mol. The first-order chi connectivity index (χ1) is 9.09. The van der Waals surface area contributed by atoms with Crippen LogP contribution in [0.5, 0.6) is 0 Å². The SMILES string of the molecule is Cc1c(=O)c2cc(F)c(F)c3c2n2c(csc12)CS3. The van der Waals surface area contributed by atoms with E-state index >= 15 is 0 Å². The van der Waals surface area contributed by atoms with E-state index in [1.54, 1.807) is 6.92 Å². The Labute approximate surface area is 114 Å². The number of thiazole rings is 1. The lowest BCUT2D eigenvalue weighted by atomic mass is 10.1. The van der Waals surface area contributed by atoms with Crippen LogP contribution in [-0.2, 0) is 5.75 Å². The molecule has 0 N–H and O–H groups in total. The van der Waals surface area contributed by atoms with E-state index in [1.165, 1.54) is 23.1 Å². The van der Waals surface area contributed by atoms with Gasteiger partial charge in [0.1, 0.15) is 4.83 Å². The third-order valence-corrected chi connectivity index (χ3v) is 5.64. The molecule has 2 nitrogen and oxygen atoms in total. The molecule has 1 aromatic carbocycles. The molecule has 0 bridgehead atoms. The molecular formula is C13H7F2NOS2. The van der Waals surface area contributed by atoms with Crippen molar-refractivity contribution in [2.75, 3.05) is 0 Å². The third kappa shape index (κ3) is 1.28. The number of halogens is 2. The maximum Gasteiger partial charge on any atom is 0.193 e. The summed E-state index contributed by atoms with van der Waals surface area (Å²) in [4.78, 5) is 13.3. The smallest absolute Gasteiger partial charge is 0.193 e. The summed E-state index contributed by atoms with van der Waals surface area (Å²) in [6.07, 6.45) is 0. The van der Waals surface area contributed by atoms with Crippen LogP contribution in [0.1, 0.15) is 11.3 Å². The second-order valence-electron chi connectivity index (χ2n) is 4.51. The van der Waals surface area contributed by atoms with Crippen molar-refractivity contribution >= 4 is 38.8 Å². The number of benzene rings is 1. The second-order valence-corrected chi connectivity index (χ2v) is 6.35. The number of hydrogen-bond acceptors (Lipinski definition) is 3. The van der Waals surface area contributed by atoms with Gasteiger partial charge in [0.05, 0.1) is 15.8 Å². The molecule has 19 heavy (non-hydrogen) atoms. The van der Waals surface area contributed by atoms with E-state index < -0.39 is 11.6 Å². The summed E-state index contributed by atoms with van der Waals surface area (Å²) in [7, 11) is 0. The summed E-state index contributed by atoms with van der Waals surface area (Å²) >= 11 is 2.72. The Kier molecular flexibility index (Phi) is 2.15. The van der Waals surface area contributed by atoms with Gasteiger partial charge in [0.15, 0.2) is 17.1 Å². The Morgan fingerprint density at radius 2 is 2.16 bits per heavy atom. The van der Waals surface area contributed by atoms with Crippen molar-refractivity contribution in [1.82, 2.24) is 4.40 Å². The summed E-state index contributed by atoms with van der Waals surface area (Å²) in [5.74, 6) is -1.22. The van der Waals surface area contributed by atoms with Crippen molar-refractivity contribution in [3.63, 3.8) is 0 Å². The van der Waals surface area contributed by atoms with Gasteiger partial charge >= 0.3 is 0 Å². The lowest BCUT2D eigenvalue weighted by Gasteiger charge is -2.17. The molecular weight excluding hydrogens is 288 g/mol. The topological polar surface area (TPSA) is 21.5 Å². The number of thioether (sulfide) groups is 1. The van der Waals surface area contributed by atoms with Crippen LogP contribution in [0.4, 0.5) is 8.78 Å². The Bertz CT molecular complexity index is 926. The number of hydrogen-bond donors (Lipinski definition) is 0. The Morgan fingerprint density at radius 3 is 2.95 bits per heavy atom. The lowest BCUT2D eigenvalue weighted by molar-refractivity contribution is 0.494. The molecule has 0 unspecified atom stereocenters. The second kappa shape index (κ2) is 3.58. The predicted molar refractivity (Wildman–Crippen MR) is 73.3 cm³/mol. The highest BCUT2D eigenvalue weighted by molar-refractivity contribution is 7.98. The summed E-state index contributed by atoms with van der Waals surface area (Å²) in [5.41, 5.74) is 1.91. The quantitative estimate of drug-likeness (QED) is 0.630. The van der Waals surface area contributed by atoms with Gasteiger partial charge in [-0.05, 0) is 13.0 Å². The standard InChI is InChI=1S/C13H7F2NOS2/c1-5-11(17)7-2-8(14)9(15)12-10(7)16-6(3-18-12)4-19-13(5)16/h2,4H,3H2,1H3. The van der Waals surface area contributed by atoms with E-state index in [0.717, 1.165) is 16.6 Å². The zero-order valence-electron chi connectivity index (χ0n) is 9.79. The average molecular weight is 295 g/mol. The van der Waals surface area contributed by atoms with Gasteiger partial charge in [-0.1, -0.05) is 0 Å². The van der Waals surface area contributed by atoms with Gasteiger partial charge < -0.3 is 4.40 Å². The van der Waals surface area contributed by atoms with Crippen LogP contribution in [0.3, 0.4) is 0 Å². The number of aryl methyl sites for hydroxylation is 1. The van der Waals surface area contributed by atoms with Crippen LogP contribution in [0.15, 0.2) is 21.1 Å². The van der Waals surface area contributed by atoms with Gasteiger partial charge in [-0.15, -0.1) is 23.1 Å². The fourth-order valence-electron chi connectivity index (χ4n) is 2.52. The van der Waals surface area contributed by atoms with E-state index in [9.17, 15) is 13.6 Å². The van der Waals surface area contributed by atoms with Gasteiger partial charge in [0.25, 0.3) is 0 Å². The van der Waals surface area contributed by atoms with Crippen LogP contribution < -0.4 is 5.43 Å². The van der Waals surface area contributed by atoms with E-state index in [-0.39, 0.29) is 15.7 Å². The average Bonchev–Trinajstić information content (AvgIpc) is 2.83. The number of pyridine rings is 1. The summed E-state index contributed by atoms with van der Waals surface area (Å²) in [5, 5.41) is 2.23. The van der Waals surface area contributed by atoms with Crippen LogP contribution >= 0.6 is 23.1 Å². The fourth-order valence-corrected chi connectivity index (χ4v) is 4.72. The van der Waals surface area contributed by atoms with E-state index in [1.807, 2.05) is 9.78 Å².